The molecule has 0 amide bonds. The van der Waals surface area contributed by atoms with Gasteiger partial charge in [-0.05, 0) is 25.5 Å². The molecule has 4 nitrogen and oxygen atoms in total. The number of aromatic nitrogens is 2. The minimum Gasteiger partial charge on any atom is -0.313 e. The average Bonchev–Trinajstić information content (AvgIpc) is 2.31. The molecule has 0 radical (unpaired) electrons. The van der Waals surface area contributed by atoms with Crippen LogP contribution in [0.2, 0.25) is 0 Å². The molecule has 1 aliphatic heterocycles. The van der Waals surface area contributed by atoms with E-state index >= 15 is 0 Å². The molecule has 1 N–H and O–H groups in total. The fourth-order valence-corrected chi connectivity index (χ4v) is 2.88. The molecule has 0 aromatic carbocycles. The summed E-state index contributed by atoms with van der Waals surface area (Å²) in [6, 6.07) is 2.10. The van der Waals surface area contributed by atoms with Gasteiger partial charge in [0.2, 0.25) is 5.16 Å². The summed E-state index contributed by atoms with van der Waals surface area (Å²) < 4.78 is 11.9. The zero-order valence-electron chi connectivity index (χ0n) is 8.56. The first-order chi connectivity index (χ1) is 7.36. The van der Waals surface area contributed by atoms with E-state index in [-0.39, 0.29) is 0 Å². The van der Waals surface area contributed by atoms with E-state index in [4.69, 9.17) is 0 Å². The molecule has 82 valence electrons. The second kappa shape index (κ2) is 5.32. The van der Waals surface area contributed by atoms with Crippen LogP contribution in [0.3, 0.4) is 0 Å². The van der Waals surface area contributed by atoms with Crippen LogP contribution in [0.5, 0.6) is 0 Å². The van der Waals surface area contributed by atoms with Gasteiger partial charge in [0.05, 0.1) is 10.8 Å². The van der Waals surface area contributed by atoms with Crippen molar-refractivity contribution >= 4 is 10.8 Å². The van der Waals surface area contributed by atoms with Crippen molar-refractivity contribution in [3.8, 4) is 0 Å². The van der Waals surface area contributed by atoms with E-state index in [2.05, 4.69) is 15.3 Å². The Labute approximate surface area is 92.0 Å². The van der Waals surface area contributed by atoms with Crippen LogP contribution in [0.1, 0.15) is 19.3 Å². The molecule has 0 spiro atoms. The number of nitrogens with one attached hydrogen (secondary N) is 1. The van der Waals surface area contributed by atoms with Crippen LogP contribution in [0.25, 0.3) is 0 Å². The summed E-state index contributed by atoms with van der Waals surface area (Å²) in [4.78, 5) is 8.01. The molecule has 2 rings (SSSR count). The maximum absolute atomic E-state index is 11.9. The maximum atomic E-state index is 11.9. The first-order valence-electron chi connectivity index (χ1n) is 5.25. The molecule has 0 aliphatic carbocycles. The van der Waals surface area contributed by atoms with Crippen LogP contribution in [0.15, 0.2) is 23.6 Å². The van der Waals surface area contributed by atoms with Crippen LogP contribution < -0.4 is 5.32 Å². The molecule has 0 bridgehead atoms. The van der Waals surface area contributed by atoms with Crippen molar-refractivity contribution < 1.29 is 4.21 Å². The minimum atomic E-state index is -1.07. The maximum Gasteiger partial charge on any atom is 0.218 e. The van der Waals surface area contributed by atoms with Gasteiger partial charge in [-0.2, -0.15) is 0 Å². The van der Waals surface area contributed by atoms with E-state index < -0.39 is 10.8 Å². The van der Waals surface area contributed by atoms with Crippen molar-refractivity contribution in [1.29, 1.82) is 0 Å². The van der Waals surface area contributed by atoms with E-state index in [9.17, 15) is 4.21 Å². The standard InChI is InChI=1S/C10H15N3OS/c14-15(10-12-6-3-7-13-10)8-9-4-1-2-5-11-9/h3,6-7,9,11H,1-2,4-5,8H2/t9-,15+/m0/s1. The third-order valence-corrected chi connectivity index (χ3v) is 3.83. The van der Waals surface area contributed by atoms with Crippen molar-refractivity contribution in [2.24, 2.45) is 0 Å². The van der Waals surface area contributed by atoms with Gasteiger partial charge >= 0.3 is 0 Å². The fraction of sp³-hybridized carbons (Fsp3) is 0.600. The summed E-state index contributed by atoms with van der Waals surface area (Å²) in [5.41, 5.74) is 0. The summed E-state index contributed by atoms with van der Waals surface area (Å²) in [7, 11) is -1.07. The van der Waals surface area contributed by atoms with Crippen molar-refractivity contribution in [1.82, 2.24) is 15.3 Å². The lowest BCUT2D eigenvalue weighted by Crippen LogP contribution is -2.38. The second-order valence-corrected chi connectivity index (χ2v) is 5.08. The molecule has 2 heterocycles. The largest absolute Gasteiger partial charge is 0.313 e. The highest BCUT2D eigenvalue weighted by molar-refractivity contribution is 7.84. The van der Waals surface area contributed by atoms with Crippen LogP contribution in [-0.2, 0) is 10.8 Å². The molecule has 1 aromatic heterocycles. The predicted octanol–water partition coefficient (Wildman–Crippen LogP) is 0.726. The Morgan fingerprint density at radius 2 is 2.20 bits per heavy atom. The minimum absolute atomic E-state index is 0.364. The zero-order chi connectivity index (χ0) is 10.5. The van der Waals surface area contributed by atoms with Crippen LogP contribution in [0.4, 0.5) is 0 Å². The van der Waals surface area contributed by atoms with Crippen LogP contribution in [-0.4, -0.2) is 32.5 Å². The molecular formula is C10H15N3OS. The molecule has 2 atom stereocenters. The van der Waals surface area contributed by atoms with Gasteiger partial charge < -0.3 is 5.32 Å². The van der Waals surface area contributed by atoms with Crippen LogP contribution in [0, 0.1) is 0 Å². The third-order valence-electron chi connectivity index (χ3n) is 2.51. The topological polar surface area (TPSA) is 54.9 Å². The highest BCUT2D eigenvalue weighted by Crippen LogP contribution is 2.09. The van der Waals surface area contributed by atoms with Crippen molar-refractivity contribution in [2.75, 3.05) is 12.3 Å². The Bertz CT molecular complexity index is 325. The predicted molar refractivity (Wildman–Crippen MR) is 58.9 cm³/mol. The monoisotopic (exact) mass is 225 g/mol. The summed E-state index contributed by atoms with van der Waals surface area (Å²) in [6.07, 6.45) is 6.83. The Hall–Kier alpha value is -0.810. The van der Waals surface area contributed by atoms with Crippen molar-refractivity contribution in [3.63, 3.8) is 0 Å². The molecule has 1 aromatic rings. The van der Waals surface area contributed by atoms with Crippen molar-refractivity contribution in [2.45, 2.75) is 30.5 Å². The highest BCUT2D eigenvalue weighted by atomic mass is 32.2. The third kappa shape index (κ3) is 3.07. The van der Waals surface area contributed by atoms with Crippen molar-refractivity contribution in [3.05, 3.63) is 18.5 Å². The van der Waals surface area contributed by atoms with E-state index in [0.29, 0.717) is 17.0 Å². The van der Waals surface area contributed by atoms with E-state index in [1.54, 1.807) is 18.5 Å². The molecule has 1 fully saturated rings. The summed E-state index contributed by atoms with van der Waals surface area (Å²) in [5, 5.41) is 3.82. The Morgan fingerprint density at radius 3 is 2.87 bits per heavy atom. The summed E-state index contributed by atoms with van der Waals surface area (Å²) in [5.74, 6) is 0.629. The Morgan fingerprint density at radius 1 is 1.40 bits per heavy atom. The lowest BCUT2D eigenvalue weighted by molar-refractivity contribution is 0.427. The Balaban J connectivity index is 1.91. The molecule has 0 saturated carbocycles. The van der Waals surface area contributed by atoms with Gasteiger partial charge in [-0.1, -0.05) is 6.42 Å². The normalized spacial score (nSPS) is 23.6. The molecule has 15 heavy (non-hydrogen) atoms. The van der Waals surface area contributed by atoms with Gasteiger partial charge in [0.15, 0.2) is 0 Å². The molecule has 0 unspecified atom stereocenters. The lowest BCUT2D eigenvalue weighted by atomic mass is 10.1. The number of rotatable bonds is 3. The van der Waals surface area contributed by atoms with E-state index in [1.807, 2.05) is 0 Å². The summed E-state index contributed by atoms with van der Waals surface area (Å²) in [6.45, 7) is 1.04. The molecule has 1 saturated heterocycles. The SMILES string of the molecule is O=[S@](C[C@@H]1CCCCN1)c1ncccn1. The zero-order valence-corrected chi connectivity index (χ0v) is 9.37. The van der Waals surface area contributed by atoms with Gasteiger partial charge in [-0.3, -0.25) is 4.21 Å². The number of piperidine rings is 1. The van der Waals surface area contributed by atoms with Gasteiger partial charge in [-0.25, -0.2) is 9.97 Å². The van der Waals surface area contributed by atoms with Gasteiger partial charge in [0.25, 0.3) is 0 Å². The number of hydrogen-bond acceptors (Lipinski definition) is 4. The van der Waals surface area contributed by atoms with E-state index in [0.717, 1.165) is 13.0 Å². The molecule has 1 aliphatic rings. The van der Waals surface area contributed by atoms with Gasteiger partial charge in [0, 0.05) is 24.2 Å². The number of nitrogens with zero attached hydrogens (tertiary/aromatic N) is 2. The fourth-order valence-electron chi connectivity index (χ4n) is 1.73. The van der Waals surface area contributed by atoms with E-state index in [1.165, 1.54) is 12.8 Å². The first kappa shape index (κ1) is 10.7. The van der Waals surface area contributed by atoms with Gasteiger partial charge in [-0.15, -0.1) is 0 Å². The second-order valence-electron chi connectivity index (χ2n) is 3.69. The van der Waals surface area contributed by atoms with Crippen LogP contribution >= 0.6 is 0 Å². The average molecular weight is 225 g/mol. The summed E-state index contributed by atoms with van der Waals surface area (Å²) >= 11 is 0. The highest BCUT2D eigenvalue weighted by Gasteiger charge is 2.17. The smallest absolute Gasteiger partial charge is 0.218 e. The quantitative estimate of drug-likeness (QED) is 0.770. The molecular weight excluding hydrogens is 210 g/mol. The number of hydrogen-bond donors (Lipinski definition) is 1. The molecule has 5 heteroatoms. The van der Waals surface area contributed by atoms with Gasteiger partial charge in [0.1, 0.15) is 0 Å². The first-order valence-corrected chi connectivity index (χ1v) is 6.57. The Kier molecular flexibility index (Phi) is 3.80. The lowest BCUT2D eigenvalue weighted by Gasteiger charge is -2.22.